The van der Waals surface area contributed by atoms with Crippen molar-refractivity contribution in [1.82, 2.24) is 9.97 Å². The van der Waals surface area contributed by atoms with Gasteiger partial charge in [-0.05, 0) is 13.0 Å². The first-order valence-electron chi connectivity index (χ1n) is 4.19. The number of nitrogens with zero attached hydrogens (tertiary/aromatic N) is 2. The van der Waals surface area contributed by atoms with Crippen LogP contribution in [0.4, 0.5) is 0 Å². The quantitative estimate of drug-likeness (QED) is 0.735. The lowest BCUT2D eigenvalue weighted by Crippen LogP contribution is -2.04. The first kappa shape index (κ1) is 10.1. The topological polar surface area (TPSA) is 55.2 Å². The van der Waals surface area contributed by atoms with Crippen LogP contribution in [0.25, 0.3) is 0 Å². The molecule has 0 spiro atoms. The minimum Gasteiger partial charge on any atom is -0.390 e. The second-order valence-corrected chi connectivity index (χ2v) is 2.82. The van der Waals surface area contributed by atoms with E-state index < -0.39 is 0 Å². The van der Waals surface area contributed by atoms with E-state index in [-0.39, 0.29) is 6.61 Å². The monoisotopic (exact) mass is 182 g/mol. The van der Waals surface area contributed by atoms with Crippen molar-refractivity contribution in [3.8, 4) is 0 Å². The average molecular weight is 182 g/mol. The minimum atomic E-state index is -0.0384. The van der Waals surface area contributed by atoms with Gasteiger partial charge in [-0.3, -0.25) is 0 Å². The van der Waals surface area contributed by atoms with Crippen LogP contribution < -0.4 is 0 Å². The summed E-state index contributed by atoms with van der Waals surface area (Å²) in [5.41, 5.74) is 1.55. The van der Waals surface area contributed by atoms with Crippen LogP contribution in [0.5, 0.6) is 0 Å². The molecule has 4 nitrogen and oxygen atoms in total. The van der Waals surface area contributed by atoms with E-state index in [0.29, 0.717) is 18.7 Å². The molecule has 4 heteroatoms. The second kappa shape index (κ2) is 4.89. The van der Waals surface area contributed by atoms with Gasteiger partial charge in [0.25, 0.3) is 0 Å². The van der Waals surface area contributed by atoms with E-state index in [4.69, 9.17) is 9.84 Å². The zero-order chi connectivity index (χ0) is 9.68. The highest BCUT2D eigenvalue weighted by atomic mass is 16.5. The second-order valence-electron chi connectivity index (χ2n) is 2.82. The molecule has 13 heavy (non-hydrogen) atoms. The Morgan fingerprint density at radius 3 is 2.85 bits per heavy atom. The Hall–Kier alpha value is -1.00. The fourth-order valence-electron chi connectivity index (χ4n) is 1.09. The summed E-state index contributed by atoms with van der Waals surface area (Å²) in [4.78, 5) is 8.37. The average Bonchev–Trinajstić information content (AvgIpc) is 2.14. The molecule has 0 bridgehead atoms. The maximum Gasteiger partial charge on any atom is 0.131 e. The lowest BCUT2D eigenvalue weighted by atomic mass is 10.3. The summed E-state index contributed by atoms with van der Waals surface area (Å²) in [5, 5.41) is 8.89. The third-order valence-electron chi connectivity index (χ3n) is 1.65. The Bertz CT molecular complexity index is 276. The highest BCUT2D eigenvalue weighted by Gasteiger charge is 2.00. The summed E-state index contributed by atoms with van der Waals surface area (Å²) in [5.74, 6) is 0.728. The molecule has 0 aliphatic carbocycles. The van der Waals surface area contributed by atoms with Crippen molar-refractivity contribution >= 4 is 0 Å². The number of aliphatic hydroxyl groups excluding tert-OH is 1. The summed E-state index contributed by atoms with van der Waals surface area (Å²) in [6.45, 7) is 2.45. The van der Waals surface area contributed by atoms with Crippen LogP contribution in [0.1, 0.15) is 17.2 Å². The Labute approximate surface area is 77.6 Å². The molecule has 1 N–H and O–H groups in total. The normalized spacial score (nSPS) is 10.4. The zero-order valence-corrected chi connectivity index (χ0v) is 7.95. The van der Waals surface area contributed by atoms with E-state index in [1.165, 1.54) is 0 Å². The van der Waals surface area contributed by atoms with Gasteiger partial charge in [-0.1, -0.05) is 0 Å². The van der Waals surface area contributed by atoms with Gasteiger partial charge in [0, 0.05) is 19.2 Å². The lowest BCUT2D eigenvalue weighted by molar-refractivity contribution is 0.200. The fourth-order valence-corrected chi connectivity index (χ4v) is 1.09. The zero-order valence-electron chi connectivity index (χ0n) is 7.95. The lowest BCUT2D eigenvalue weighted by Gasteiger charge is -2.03. The Morgan fingerprint density at radius 1 is 1.46 bits per heavy atom. The van der Waals surface area contributed by atoms with Crippen LogP contribution in [0.15, 0.2) is 6.07 Å². The van der Waals surface area contributed by atoms with E-state index in [0.717, 1.165) is 11.5 Å². The predicted octanol–water partition coefficient (Wildman–Crippen LogP) is 0.466. The van der Waals surface area contributed by atoms with Gasteiger partial charge in [-0.15, -0.1) is 0 Å². The first-order chi connectivity index (χ1) is 6.26. The SMILES string of the molecule is COCCc1nc(C)cc(CO)n1. The number of hydrogen-bond acceptors (Lipinski definition) is 4. The molecule has 0 aromatic carbocycles. The molecule has 0 unspecified atom stereocenters. The predicted molar refractivity (Wildman–Crippen MR) is 48.3 cm³/mol. The van der Waals surface area contributed by atoms with E-state index >= 15 is 0 Å². The highest BCUT2D eigenvalue weighted by Crippen LogP contribution is 2.01. The Morgan fingerprint density at radius 2 is 2.23 bits per heavy atom. The molecular weight excluding hydrogens is 168 g/mol. The van der Waals surface area contributed by atoms with Crippen molar-refractivity contribution in [2.24, 2.45) is 0 Å². The molecule has 1 aromatic rings. The van der Waals surface area contributed by atoms with Gasteiger partial charge in [-0.2, -0.15) is 0 Å². The van der Waals surface area contributed by atoms with Crippen molar-refractivity contribution in [1.29, 1.82) is 0 Å². The Balaban J connectivity index is 2.76. The van der Waals surface area contributed by atoms with Crippen molar-refractivity contribution in [2.45, 2.75) is 20.0 Å². The van der Waals surface area contributed by atoms with Crippen LogP contribution in [0.2, 0.25) is 0 Å². The van der Waals surface area contributed by atoms with Crippen molar-refractivity contribution in [3.63, 3.8) is 0 Å². The summed E-state index contributed by atoms with van der Waals surface area (Å²) < 4.78 is 4.92. The minimum absolute atomic E-state index is 0.0384. The summed E-state index contributed by atoms with van der Waals surface area (Å²) >= 11 is 0. The van der Waals surface area contributed by atoms with Gasteiger partial charge in [-0.25, -0.2) is 9.97 Å². The van der Waals surface area contributed by atoms with Gasteiger partial charge in [0.2, 0.25) is 0 Å². The molecule has 1 rings (SSSR count). The summed E-state index contributed by atoms with van der Waals surface area (Å²) in [6, 6.07) is 1.77. The van der Waals surface area contributed by atoms with E-state index in [1.54, 1.807) is 13.2 Å². The molecule has 0 amide bonds. The number of ether oxygens (including phenoxy) is 1. The number of rotatable bonds is 4. The maximum atomic E-state index is 8.89. The van der Waals surface area contributed by atoms with Gasteiger partial charge < -0.3 is 9.84 Å². The molecule has 0 radical (unpaired) electrons. The van der Waals surface area contributed by atoms with Crippen LogP contribution in [-0.2, 0) is 17.8 Å². The smallest absolute Gasteiger partial charge is 0.131 e. The molecular formula is C9H14N2O2. The van der Waals surface area contributed by atoms with Crippen LogP contribution in [-0.4, -0.2) is 28.8 Å². The number of aromatic nitrogens is 2. The first-order valence-corrected chi connectivity index (χ1v) is 4.19. The fraction of sp³-hybridized carbons (Fsp3) is 0.556. The molecule has 72 valence electrons. The van der Waals surface area contributed by atoms with Crippen LogP contribution in [0, 0.1) is 6.92 Å². The molecule has 0 aliphatic heterocycles. The molecule has 0 fully saturated rings. The van der Waals surface area contributed by atoms with Gasteiger partial charge in [0.15, 0.2) is 0 Å². The Kier molecular flexibility index (Phi) is 3.79. The third kappa shape index (κ3) is 3.08. The molecule has 1 aromatic heterocycles. The summed E-state index contributed by atoms with van der Waals surface area (Å²) in [6.07, 6.45) is 0.686. The molecule has 0 aliphatic rings. The number of methoxy groups -OCH3 is 1. The third-order valence-corrected chi connectivity index (χ3v) is 1.65. The van der Waals surface area contributed by atoms with Crippen molar-refractivity contribution < 1.29 is 9.84 Å². The number of aryl methyl sites for hydroxylation is 1. The standard InChI is InChI=1S/C9H14N2O2/c1-7-5-8(6-12)11-9(10-7)3-4-13-2/h5,12H,3-4,6H2,1-2H3. The van der Waals surface area contributed by atoms with E-state index in [1.807, 2.05) is 6.92 Å². The number of hydrogen-bond donors (Lipinski definition) is 1. The number of aliphatic hydroxyl groups is 1. The van der Waals surface area contributed by atoms with Crippen molar-refractivity contribution in [3.05, 3.63) is 23.3 Å². The van der Waals surface area contributed by atoms with Gasteiger partial charge in [0.1, 0.15) is 5.82 Å². The van der Waals surface area contributed by atoms with E-state index in [9.17, 15) is 0 Å². The highest BCUT2D eigenvalue weighted by molar-refractivity contribution is 5.09. The van der Waals surface area contributed by atoms with Crippen LogP contribution >= 0.6 is 0 Å². The molecule has 0 saturated heterocycles. The molecule has 0 atom stereocenters. The van der Waals surface area contributed by atoms with Crippen molar-refractivity contribution in [2.75, 3.05) is 13.7 Å². The van der Waals surface area contributed by atoms with Gasteiger partial charge >= 0.3 is 0 Å². The molecule has 1 heterocycles. The molecule has 0 saturated carbocycles. The maximum absolute atomic E-state index is 8.89. The van der Waals surface area contributed by atoms with Crippen LogP contribution in [0.3, 0.4) is 0 Å². The summed E-state index contributed by atoms with van der Waals surface area (Å²) in [7, 11) is 1.64. The largest absolute Gasteiger partial charge is 0.390 e. The van der Waals surface area contributed by atoms with Gasteiger partial charge in [0.05, 0.1) is 18.9 Å². The van der Waals surface area contributed by atoms with E-state index in [2.05, 4.69) is 9.97 Å².